The van der Waals surface area contributed by atoms with E-state index in [-0.39, 0.29) is 6.10 Å². The first kappa shape index (κ1) is 15.1. The normalized spacial score (nSPS) is 16.9. The molecule has 1 aromatic carbocycles. The molecule has 0 aliphatic carbocycles. The third-order valence-electron chi connectivity index (χ3n) is 3.20. The Morgan fingerprint density at radius 3 is 2.22 bits per heavy atom. The number of hydrogen-bond donors (Lipinski definition) is 0. The molecule has 3 heteroatoms. The summed E-state index contributed by atoms with van der Waals surface area (Å²) in [6.45, 7) is 10.5. The van der Waals surface area contributed by atoms with Gasteiger partial charge in [0, 0.05) is 0 Å². The molecule has 0 N–H and O–H groups in total. The van der Waals surface area contributed by atoms with Crippen LogP contribution in [0.4, 0.5) is 0 Å². The van der Waals surface area contributed by atoms with Crippen molar-refractivity contribution in [3.8, 4) is 0 Å². The van der Waals surface area contributed by atoms with Gasteiger partial charge >= 0.3 is 0 Å². The zero-order valence-corrected chi connectivity index (χ0v) is 13.1. The van der Waals surface area contributed by atoms with Crippen molar-refractivity contribution in [3.05, 3.63) is 35.9 Å². The van der Waals surface area contributed by atoms with Crippen LogP contribution in [-0.2, 0) is 9.22 Å². The van der Waals surface area contributed by atoms with Crippen LogP contribution in [0.15, 0.2) is 30.3 Å². The van der Waals surface area contributed by atoms with E-state index in [4.69, 9.17) is 4.43 Å². The predicted octanol–water partition coefficient (Wildman–Crippen LogP) is 4.19. The average molecular weight is 264 g/mol. The Morgan fingerprint density at radius 1 is 1.28 bits per heavy atom. The molecule has 0 aliphatic rings. The molecule has 0 aromatic heterocycles. The standard InChI is InChI=1S/C15H24O2Si/c1-6-15(2,12-16)14(17-18(3,4)5)13-10-8-7-9-11-13/h7-12,14H,6H2,1-5H3/t14-,15+/m1/s1. The van der Waals surface area contributed by atoms with Gasteiger partial charge in [-0.15, -0.1) is 0 Å². The van der Waals surface area contributed by atoms with Crippen molar-refractivity contribution < 1.29 is 9.22 Å². The van der Waals surface area contributed by atoms with Crippen molar-refractivity contribution >= 4 is 14.6 Å². The summed E-state index contributed by atoms with van der Waals surface area (Å²) in [5.74, 6) is 0. The lowest BCUT2D eigenvalue weighted by molar-refractivity contribution is -0.121. The van der Waals surface area contributed by atoms with Gasteiger partial charge in [-0.2, -0.15) is 0 Å². The molecule has 100 valence electrons. The van der Waals surface area contributed by atoms with Gasteiger partial charge in [0.05, 0.1) is 11.5 Å². The van der Waals surface area contributed by atoms with Crippen molar-refractivity contribution in [1.82, 2.24) is 0 Å². The zero-order valence-electron chi connectivity index (χ0n) is 12.1. The minimum Gasteiger partial charge on any atom is -0.410 e. The molecule has 18 heavy (non-hydrogen) atoms. The Hall–Kier alpha value is -0.933. The van der Waals surface area contributed by atoms with Gasteiger partial charge in [0.25, 0.3) is 0 Å². The number of carbonyl (C=O) groups is 1. The van der Waals surface area contributed by atoms with Crippen molar-refractivity contribution in [3.63, 3.8) is 0 Å². The van der Waals surface area contributed by atoms with Crippen LogP contribution in [0, 0.1) is 5.41 Å². The van der Waals surface area contributed by atoms with Gasteiger partial charge in [-0.05, 0) is 31.6 Å². The summed E-state index contributed by atoms with van der Waals surface area (Å²) in [5, 5.41) is 0. The van der Waals surface area contributed by atoms with Gasteiger partial charge in [-0.3, -0.25) is 0 Å². The fraction of sp³-hybridized carbons (Fsp3) is 0.533. The number of carbonyl (C=O) groups excluding carboxylic acids is 1. The van der Waals surface area contributed by atoms with Gasteiger partial charge in [0.2, 0.25) is 0 Å². The lowest BCUT2D eigenvalue weighted by Crippen LogP contribution is -2.37. The molecule has 0 spiro atoms. The minimum atomic E-state index is -1.70. The highest BCUT2D eigenvalue weighted by Crippen LogP contribution is 2.39. The van der Waals surface area contributed by atoms with Crippen LogP contribution in [0.5, 0.6) is 0 Å². The van der Waals surface area contributed by atoms with E-state index in [9.17, 15) is 4.79 Å². The molecule has 0 saturated heterocycles. The highest BCUT2D eigenvalue weighted by molar-refractivity contribution is 6.69. The Bertz CT molecular complexity index is 383. The Kier molecular flexibility index (Phi) is 4.88. The predicted molar refractivity (Wildman–Crippen MR) is 78.1 cm³/mol. The third kappa shape index (κ3) is 3.78. The molecule has 2 nitrogen and oxygen atoms in total. The highest BCUT2D eigenvalue weighted by atomic mass is 28.4. The Morgan fingerprint density at radius 2 is 1.83 bits per heavy atom. The lowest BCUT2D eigenvalue weighted by atomic mass is 9.80. The van der Waals surface area contributed by atoms with E-state index in [0.29, 0.717) is 0 Å². The maximum atomic E-state index is 11.5. The molecule has 2 atom stereocenters. The molecule has 0 radical (unpaired) electrons. The zero-order chi connectivity index (χ0) is 13.8. The first-order valence-corrected chi connectivity index (χ1v) is 9.92. The topological polar surface area (TPSA) is 26.3 Å². The van der Waals surface area contributed by atoms with Gasteiger partial charge < -0.3 is 9.22 Å². The van der Waals surface area contributed by atoms with Crippen LogP contribution in [0.1, 0.15) is 31.9 Å². The molecule has 0 bridgehead atoms. The number of aldehydes is 1. The van der Waals surface area contributed by atoms with Gasteiger partial charge in [0.1, 0.15) is 6.29 Å². The van der Waals surface area contributed by atoms with Crippen LogP contribution in [0.2, 0.25) is 19.6 Å². The highest BCUT2D eigenvalue weighted by Gasteiger charge is 2.37. The van der Waals surface area contributed by atoms with Crippen molar-refractivity contribution in [2.45, 2.75) is 46.0 Å². The van der Waals surface area contributed by atoms with Gasteiger partial charge in [0.15, 0.2) is 8.32 Å². The lowest BCUT2D eigenvalue weighted by Gasteiger charge is -2.37. The van der Waals surface area contributed by atoms with Crippen molar-refractivity contribution in [2.24, 2.45) is 5.41 Å². The van der Waals surface area contributed by atoms with E-state index in [0.717, 1.165) is 18.3 Å². The number of benzene rings is 1. The second-order valence-corrected chi connectivity index (χ2v) is 10.5. The van der Waals surface area contributed by atoms with Gasteiger partial charge in [-0.25, -0.2) is 0 Å². The second-order valence-electron chi connectivity index (χ2n) is 6.00. The van der Waals surface area contributed by atoms with Crippen LogP contribution in [0.3, 0.4) is 0 Å². The molecule has 0 saturated carbocycles. The summed E-state index contributed by atoms with van der Waals surface area (Å²) < 4.78 is 6.28. The van der Waals surface area contributed by atoms with Crippen LogP contribution < -0.4 is 0 Å². The summed E-state index contributed by atoms with van der Waals surface area (Å²) in [7, 11) is -1.70. The van der Waals surface area contributed by atoms with Crippen LogP contribution >= 0.6 is 0 Å². The van der Waals surface area contributed by atoms with Crippen molar-refractivity contribution in [2.75, 3.05) is 0 Å². The molecule has 1 aromatic rings. The van der Waals surface area contributed by atoms with E-state index in [1.54, 1.807) is 0 Å². The fourth-order valence-electron chi connectivity index (χ4n) is 1.90. The molecular formula is C15H24O2Si. The first-order chi connectivity index (χ1) is 8.32. The molecule has 0 aliphatic heterocycles. The minimum absolute atomic E-state index is 0.145. The largest absolute Gasteiger partial charge is 0.410 e. The maximum absolute atomic E-state index is 11.5. The van der Waals surface area contributed by atoms with Gasteiger partial charge in [-0.1, -0.05) is 44.2 Å². The molecular weight excluding hydrogens is 240 g/mol. The SMILES string of the molecule is CC[C@@](C)(C=O)[C@H](O[Si](C)(C)C)c1ccccc1. The molecule has 0 fully saturated rings. The van der Waals surface area contributed by atoms with Crippen LogP contribution in [-0.4, -0.2) is 14.6 Å². The number of hydrogen-bond acceptors (Lipinski definition) is 2. The second kappa shape index (κ2) is 5.80. The van der Waals surface area contributed by atoms with Crippen LogP contribution in [0.25, 0.3) is 0 Å². The Labute approximate surface area is 111 Å². The van der Waals surface area contributed by atoms with E-state index in [1.165, 1.54) is 0 Å². The van der Waals surface area contributed by atoms with E-state index >= 15 is 0 Å². The smallest absolute Gasteiger partial charge is 0.184 e. The quantitative estimate of drug-likeness (QED) is 0.569. The van der Waals surface area contributed by atoms with E-state index < -0.39 is 13.7 Å². The summed E-state index contributed by atoms with van der Waals surface area (Å²) in [5.41, 5.74) is 0.637. The number of rotatable bonds is 6. The Balaban J connectivity index is 3.14. The molecule has 0 heterocycles. The van der Waals surface area contributed by atoms with Crippen molar-refractivity contribution in [1.29, 1.82) is 0 Å². The van der Waals surface area contributed by atoms with E-state index in [1.807, 2.05) is 44.2 Å². The van der Waals surface area contributed by atoms with E-state index in [2.05, 4.69) is 19.6 Å². The summed E-state index contributed by atoms with van der Waals surface area (Å²) >= 11 is 0. The average Bonchev–Trinajstić information content (AvgIpc) is 2.35. The summed E-state index contributed by atoms with van der Waals surface area (Å²) in [6, 6.07) is 10.1. The summed E-state index contributed by atoms with van der Waals surface area (Å²) in [6.07, 6.45) is 1.68. The fourth-order valence-corrected chi connectivity index (χ4v) is 3.01. The third-order valence-corrected chi connectivity index (χ3v) is 4.15. The molecule has 0 unspecified atom stereocenters. The molecule has 0 amide bonds. The first-order valence-electron chi connectivity index (χ1n) is 6.51. The molecule has 1 rings (SSSR count). The summed E-state index contributed by atoms with van der Waals surface area (Å²) in [4.78, 5) is 11.5. The monoisotopic (exact) mass is 264 g/mol. The maximum Gasteiger partial charge on any atom is 0.184 e.